The van der Waals surface area contributed by atoms with Crippen LogP contribution in [0.1, 0.15) is 33.3 Å². The third-order valence-electron chi connectivity index (χ3n) is 3.37. The van der Waals surface area contributed by atoms with E-state index in [0.717, 1.165) is 18.2 Å². The lowest BCUT2D eigenvalue weighted by atomic mass is 10.1. The van der Waals surface area contributed by atoms with Crippen molar-refractivity contribution in [1.82, 2.24) is 10.2 Å². The molecule has 0 bridgehead atoms. The van der Waals surface area contributed by atoms with Crippen molar-refractivity contribution in [1.29, 1.82) is 0 Å². The zero-order valence-corrected chi connectivity index (χ0v) is 15.8. The molecule has 0 saturated heterocycles. The van der Waals surface area contributed by atoms with Crippen molar-refractivity contribution in [3.63, 3.8) is 0 Å². The van der Waals surface area contributed by atoms with E-state index in [1.54, 1.807) is 20.8 Å². The maximum Gasteiger partial charge on any atom is 0.408 e. The van der Waals surface area contributed by atoms with Crippen molar-refractivity contribution >= 4 is 17.7 Å². The maximum atomic E-state index is 14.0. The van der Waals surface area contributed by atoms with Crippen molar-refractivity contribution in [2.45, 2.75) is 45.9 Å². The molecule has 9 heteroatoms. The van der Waals surface area contributed by atoms with Gasteiger partial charge >= 0.3 is 6.09 Å². The van der Waals surface area contributed by atoms with Crippen LogP contribution in [0.4, 0.5) is 14.9 Å². The molecule has 0 unspecified atom stereocenters. The summed E-state index contributed by atoms with van der Waals surface area (Å²) < 4.78 is 19.1. The molecule has 0 aromatic heterocycles. The number of carbonyl (C=O) groups excluding carboxylic acids is 2. The summed E-state index contributed by atoms with van der Waals surface area (Å²) in [7, 11) is 0. The molecule has 1 N–H and O–H groups in total. The molecule has 1 aromatic rings. The lowest BCUT2D eigenvalue weighted by Gasteiger charge is -2.26. The van der Waals surface area contributed by atoms with Crippen molar-refractivity contribution in [3.05, 3.63) is 52.3 Å². The Kier molecular flexibility index (Phi) is 7.45. The van der Waals surface area contributed by atoms with E-state index >= 15 is 0 Å². The molecular formula is C18H24FN3O5. The first-order valence-electron chi connectivity index (χ1n) is 8.26. The highest BCUT2D eigenvalue weighted by Gasteiger charge is 2.25. The molecule has 0 spiro atoms. The van der Waals surface area contributed by atoms with Gasteiger partial charge in [-0.1, -0.05) is 6.08 Å². The van der Waals surface area contributed by atoms with Crippen LogP contribution < -0.4 is 5.32 Å². The van der Waals surface area contributed by atoms with Gasteiger partial charge in [0.25, 0.3) is 5.69 Å². The Balaban J connectivity index is 2.93. The molecule has 0 heterocycles. The van der Waals surface area contributed by atoms with Crippen LogP contribution in [0.25, 0.3) is 0 Å². The molecule has 0 aliphatic carbocycles. The van der Waals surface area contributed by atoms with E-state index in [1.165, 1.54) is 17.9 Å². The molecule has 0 fully saturated rings. The van der Waals surface area contributed by atoms with E-state index in [-0.39, 0.29) is 24.3 Å². The van der Waals surface area contributed by atoms with E-state index in [0.29, 0.717) is 0 Å². The molecule has 8 nitrogen and oxygen atoms in total. The number of rotatable bonds is 7. The number of non-ortho nitro benzene ring substituents is 1. The van der Waals surface area contributed by atoms with Gasteiger partial charge in [-0.15, -0.1) is 6.58 Å². The number of benzene rings is 1. The standard InChI is InChI=1S/C18H24FN3O5/c1-6-9-21(11-13-10-14(22(25)26)7-8-15(13)19)16(23)12(2)20-17(24)27-18(3,4)5/h6-8,10,12H,1,9,11H2,2-5H3,(H,20,24)/t12-/m0/s1. The van der Waals surface area contributed by atoms with Gasteiger partial charge in [0.1, 0.15) is 17.5 Å². The van der Waals surface area contributed by atoms with Crippen LogP contribution in [0, 0.1) is 15.9 Å². The van der Waals surface area contributed by atoms with Gasteiger partial charge in [0, 0.05) is 30.8 Å². The number of nitrogens with one attached hydrogen (secondary N) is 1. The Morgan fingerprint density at radius 1 is 1.44 bits per heavy atom. The topological polar surface area (TPSA) is 102 Å². The minimum absolute atomic E-state index is 0.0103. The van der Waals surface area contributed by atoms with Gasteiger partial charge < -0.3 is 15.0 Å². The molecule has 2 amide bonds. The number of amides is 2. The van der Waals surface area contributed by atoms with Crippen molar-refractivity contribution in [2.75, 3.05) is 6.54 Å². The Hall–Kier alpha value is -2.97. The lowest BCUT2D eigenvalue weighted by Crippen LogP contribution is -2.48. The van der Waals surface area contributed by atoms with Gasteiger partial charge in [0.05, 0.1) is 4.92 Å². The van der Waals surface area contributed by atoms with Crippen LogP contribution in [-0.4, -0.2) is 40.0 Å². The Morgan fingerprint density at radius 3 is 2.59 bits per heavy atom. The highest BCUT2D eigenvalue weighted by atomic mass is 19.1. The van der Waals surface area contributed by atoms with Gasteiger partial charge in [-0.05, 0) is 33.8 Å². The number of nitro benzene ring substituents is 1. The summed E-state index contributed by atoms with van der Waals surface area (Å²) in [5.41, 5.74) is -1.01. The molecule has 27 heavy (non-hydrogen) atoms. The van der Waals surface area contributed by atoms with Crippen molar-refractivity contribution < 1.29 is 23.6 Å². The number of nitro groups is 1. The second-order valence-corrected chi connectivity index (χ2v) is 6.91. The van der Waals surface area contributed by atoms with Crippen LogP contribution in [0.2, 0.25) is 0 Å². The second-order valence-electron chi connectivity index (χ2n) is 6.91. The summed E-state index contributed by atoms with van der Waals surface area (Å²) in [6.07, 6.45) is 0.677. The smallest absolute Gasteiger partial charge is 0.408 e. The molecule has 0 aliphatic rings. The number of alkyl carbamates (subject to hydrolysis) is 1. The SMILES string of the molecule is C=CCN(Cc1cc([N+](=O)[O-])ccc1F)C(=O)[C@H](C)NC(=O)OC(C)(C)C. The molecule has 0 aliphatic heterocycles. The number of hydrogen-bond donors (Lipinski definition) is 1. The number of carbonyl (C=O) groups is 2. The number of nitrogens with zero attached hydrogens (tertiary/aromatic N) is 2. The predicted molar refractivity (Wildman–Crippen MR) is 97.5 cm³/mol. The number of hydrogen-bond acceptors (Lipinski definition) is 5. The number of halogens is 1. The quantitative estimate of drug-likeness (QED) is 0.444. The summed E-state index contributed by atoms with van der Waals surface area (Å²) in [5.74, 6) is -1.18. The van der Waals surface area contributed by atoms with Crippen molar-refractivity contribution in [2.24, 2.45) is 0 Å². The molecule has 148 valence electrons. The Labute approximate surface area is 157 Å². The Bertz CT molecular complexity index is 730. The fourth-order valence-corrected chi connectivity index (χ4v) is 2.21. The van der Waals surface area contributed by atoms with E-state index in [2.05, 4.69) is 11.9 Å². The first-order chi connectivity index (χ1) is 12.4. The van der Waals surface area contributed by atoms with Crippen LogP contribution in [0.5, 0.6) is 0 Å². The summed E-state index contributed by atoms with van der Waals surface area (Å²) in [6, 6.07) is 2.16. The van der Waals surface area contributed by atoms with E-state index in [9.17, 15) is 24.1 Å². The minimum atomic E-state index is -0.943. The molecule has 1 aromatic carbocycles. The lowest BCUT2D eigenvalue weighted by molar-refractivity contribution is -0.385. The molecule has 1 atom stereocenters. The maximum absolute atomic E-state index is 14.0. The zero-order valence-electron chi connectivity index (χ0n) is 15.8. The summed E-state index contributed by atoms with van der Waals surface area (Å²) >= 11 is 0. The third-order valence-corrected chi connectivity index (χ3v) is 3.37. The summed E-state index contributed by atoms with van der Waals surface area (Å²) in [4.78, 5) is 35.9. The first-order valence-corrected chi connectivity index (χ1v) is 8.26. The van der Waals surface area contributed by atoms with Crippen molar-refractivity contribution in [3.8, 4) is 0 Å². The number of ether oxygens (including phenoxy) is 1. The first kappa shape index (κ1) is 22.1. The molecule has 0 saturated carbocycles. The van der Waals surface area contributed by atoms with Gasteiger partial charge in [-0.25, -0.2) is 9.18 Å². The fraction of sp³-hybridized carbons (Fsp3) is 0.444. The van der Waals surface area contributed by atoms with Crippen LogP contribution in [0.3, 0.4) is 0 Å². The highest BCUT2D eigenvalue weighted by Crippen LogP contribution is 2.19. The van der Waals surface area contributed by atoms with Gasteiger partial charge in [0.15, 0.2) is 0 Å². The van der Waals surface area contributed by atoms with Gasteiger partial charge in [-0.3, -0.25) is 14.9 Å². The zero-order chi connectivity index (χ0) is 20.8. The van der Waals surface area contributed by atoms with E-state index < -0.39 is 34.4 Å². The molecule has 0 radical (unpaired) electrons. The minimum Gasteiger partial charge on any atom is -0.444 e. The average molecular weight is 381 g/mol. The molecule has 1 rings (SSSR count). The van der Waals surface area contributed by atoms with Crippen LogP contribution >= 0.6 is 0 Å². The molecular weight excluding hydrogens is 357 g/mol. The van der Waals surface area contributed by atoms with E-state index in [4.69, 9.17) is 4.74 Å². The summed E-state index contributed by atoms with van der Waals surface area (Å²) in [5, 5.41) is 13.3. The average Bonchev–Trinajstić information content (AvgIpc) is 2.53. The summed E-state index contributed by atoms with van der Waals surface area (Å²) in [6.45, 7) is 9.95. The van der Waals surface area contributed by atoms with Gasteiger partial charge in [-0.2, -0.15) is 0 Å². The van der Waals surface area contributed by atoms with Gasteiger partial charge in [0.2, 0.25) is 5.91 Å². The third kappa shape index (κ3) is 7.04. The predicted octanol–water partition coefficient (Wildman–Crippen LogP) is 3.16. The van der Waals surface area contributed by atoms with Crippen LogP contribution in [-0.2, 0) is 16.1 Å². The monoisotopic (exact) mass is 381 g/mol. The Morgan fingerprint density at radius 2 is 2.07 bits per heavy atom. The highest BCUT2D eigenvalue weighted by molar-refractivity contribution is 5.85. The fourth-order valence-electron chi connectivity index (χ4n) is 2.21. The normalized spacial score (nSPS) is 12.0. The largest absolute Gasteiger partial charge is 0.444 e. The second kappa shape index (κ2) is 9.11. The van der Waals surface area contributed by atoms with Crippen LogP contribution in [0.15, 0.2) is 30.9 Å². The van der Waals surface area contributed by atoms with E-state index in [1.807, 2.05) is 0 Å².